The number of nitrogens with zero attached hydrogens (tertiary/aromatic N) is 1. The van der Waals surface area contributed by atoms with Gasteiger partial charge in [-0.05, 0) is 24.1 Å². The van der Waals surface area contributed by atoms with Gasteiger partial charge in [-0.25, -0.2) is 0 Å². The third-order valence-electron chi connectivity index (χ3n) is 3.02. The zero-order valence-electron chi connectivity index (χ0n) is 10.9. The van der Waals surface area contributed by atoms with E-state index in [1.54, 1.807) is 11.9 Å². The Hall–Kier alpha value is -1.39. The van der Waals surface area contributed by atoms with Crippen LogP contribution in [0.4, 0.5) is 24.5 Å². The lowest BCUT2D eigenvalue weighted by atomic mass is 10.1. The second kappa shape index (κ2) is 5.50. The van der Waals surface area contributed by atoms with Gasteiger partial charge in [-0.15, -0.1) is 0 Å². The average molecular weight is 260 g/mol. The number of halogens is 3. The molecular weight excluding hydrogens is 241 g/mol. The lowest BCUT2D eigenvalue weighted by Crippen LogP contribution is -2.26. The van der Waals surface area contributed by atoms with Gasteiger partial charge in [-0.2, -0.15) is 13.2 Å². The highest BCUT2D eigenvalue weighted by Crippen LogP contribution is 2.37. The number of nitrogens with two attached hydrogens (primary N) is 1. The largest absolute Gasteiger partial charge is 0.418 e. The summed E-state index contributed by atoms with van der Waals surface area (Å²) in [5.74, 6) is 0.341. The molecule has 0 aromatic heterocycles. The molecule has 1 aromatic carbocycles. The van der Waals surface area contributed by atoms with Crippen molar-refractivity contribution >= 4 is 11.4 Å². The summed E-state index contributed by atoms with van der Waals surface area (Å²) in [6.45, 7) is 4.62. The molecule has 0 fully saturated rings. The summed E-state index contributed by atoms with van der Waals surface area (Å²) < 4.78 is 38.8. The van der Waals surface area contributed by atoms with Crippen molar-refractivity contribution in [3.05, 3.63) is 23.8 Å². The van der Waals surface area contributed by atoms with Crippen LogP contribution in [-0.2, 0) is 6.18 Å². The molecule has 18 heavy (non-hydrogen) atoms. The minimum atomic E-state index is -4.38. The molecule has 1 unspecified atom stereocenters. The molecule has 2 N–H and O–H groups in total. The minimum absolute atomic E-state index is 0.128. The van der Waals surface area contributed by atoms with Crippen LogP contribution in [0.15, 0.2) is 18.2 Å². The highest BCUT2D eigenvalue weighted by Gasteiger charge is 2.34. The molecule has 1 rings (SSSR count). The fourth-order valence-electron chi connectivity index (χ4n) is 1.81. The lowest BCUT2D eigenvalue weighted by Gasteiger charge is -2.26. The fourth-order valence-corrected chi connectivity index (χ4v) is 1.81. The molecule has 102 valence electrons. The van der Waals surface area contributed by atoms with E-state index in [4.69, 9.17) is 5.73 Å². The molecule has 0 spiro atoms. The molecule has 0 radical (unpaired) electrons. The Labute approximate surface area is 106 Å². The zero-order chi connectivity index (χ0) is 13.9. The van der Waals surface area contributed by atoms with Crippen LogP contribution in [-0.4, -0.2) is 13.6 Å². The van der Waals surface area contributed by atoms with Gasteiger partial charge in [0.25, 0.3) is 0 Å². The molecule has 0 aliphatic heterocycles. The van der Waals surface area contributed by atoms with Crippen molar-refractivity contribution in [1.29, 1.82) is 0 Å². The summed E-state index contributed by atoms with van der Waals surface area (Å²) in [5.41, 5.74) is 5.07. The maximum atomic E-state index is 12.9. The second-order valence-electron chi connectivity index (χ2n) is 4.67. The average Bonchev–Trinajstić information content (AvgIpc) is 2.27. The summed E-state index contributed by atoms with van der Waals surface area (Å²) in [4.78, 5) is 1.64. The molecule has 0 bridgehead atoms. The monoisotopic (exact) mass is 260 g/mol. The molecule has 0 heterocycles. The van der Waals surface area contributed by atoms with Crippen LogP contribution >= 0.6 is 0 Å². The van der Waals surface area contributed by atoms with Gasteiger partial charge >= 0.3 is 6.18 Å². The first kappa shape index (κ1) is 14.7. The number of alkyl halides is 3. The smallest absolute Gasteiger partial charge is 0.399 e. The van der Waals surface area contributed by atoms with E-state index >= 15 is 0 Å². The first-order valence-electron chi connectivity index (χ1n) is 5.93. The Morgan fingerprint density at radius 1 is 1.33 bits per heavy atom. The van der Waals surface area contributed by atoms with Gasteiger partial charge in [-0.3, -0.25) is 0 Å². The molecule has 2 nitrogen and oxygen atoms in total. The molecule has 0 amide bonds. The predicted molar refractivity (Wildman–Crippen MR) is 68.6 cm³/mol. The van der Waals surface area contributed by atoms with E-state index in [-0.39, 0.29) is 11.4 Å². The Bertz CT molecular complexity index is 402. The number of benzene rings is 1. The van der Waals surface area contributed by atoms with Crippen molar-refractivity contribution in [3.8, 4) is 0 Å². The normalized spacial score (nSPS) is 13.4. The van der Waals surface area contributed by atoms with Gasteiger partial charge in [0.2, 0.25) is 0 Å². The van der Waals surface area contributed by atoms with Gasteiger partial charge in [0.05, 0.1) is 5.56 Å². The van der Waals surface area contributed by atoms with Crippen LogP contribution in [0.1, 0.15) is 25.8 Å². The standard InChI is InChI=1S/C13H19F3N2/c1-4-9(2)8-18(3)12-6-5-10(17)7-11(12)13(14,15)16/h5-7,9H,4,8,17H2,1-3H3. The third-order valence-corrected chi connectivity index (χ3v) is 3.02. The molecule has 0 saturated heterocycles. The summed E-state index contributed by atoms with van der Waals surface area (Å²) in [6.07, 6.45) is -3.45. The van der Waals surface area contributed by atoms with Gasteiger partial charge in [0.1, 0.15) is 0 Å². The van der Waals surface area contributed by atoms with E-state index < -0.39 is 11.7 Å². The molecule has 0 saturated carbocycles. The van der Waals surface area contributed by atoms with Gasteiger partial charge in [0, 0.05) is 25.0 Å². The minimum Gasteiger partial charge on any atom is -0.399 e. The van der Waals surface area contributed by atoms with Crippen molar-refractivity contribution in [1.82, 2.24) is 0 Å². The Balaban J connectivity index is 3.08. The molecule has 5 heteroatoms. The van der Waals surface area contributed by atoms with E-state index in [9.17, 15) is 13.2 Å². The lowest BCUT2D eigenvalue weighted by molar-refractivity contribution is -0.137. The topological polar surface area (TPSA) is 29.3 Å². The van der Waals surface area contributed by atoms with Crippen LogP contribution in [0.25, 0.3) is 0 Å². The second-order valence-corrected chi connectivity index (χ2v) is 4.67. The maximum Gasteiger partial charge on any atom is 0.418 e. The Morgan fingerprint density at radius 2 is 1.94 bits per heavy atom. The number of hydrogen-bond donors (Lipinski definition) is 1. The molecule has 1 atom stereocenters. The van der Waals surface area contributed by atoms with Crippen molar-refractivity contribution in [2.75, 3.05) is 24.2 Å². The fraction of sp³-hybridized carbons (Fsp3) is 0.538. The highest BCUT2D eigenvalue weighted by molar-refractivity contribution is 5.60. The number of nitrogen functional groups attached to an aromatic ring is 1. The summed E-state index contributed by atoms with van der Waals surface area (Å²) in [5, 5.41) is 0. The van der Waals surface area contributed by atoms with Gasteiger partial charge in [0.15, 0.2) is 0 Å². The first-order valence-corrected chi connectivity index (χ1v) is 5.93. The van der Waals surface area contributed by atoms with Crippen LogP contribution in [0, 0.1) is 5.92 Å². The van der Waals surface area contributed by atoms with Crippen molar-refractivity contribution in [3.63, 3.8) is 0 Å². The predicted octanol–water partition coefficient (Wildman–Crippen LogP) is 3.77. The Kier molecular flexibility index (Phi) is 4.48. The summed E-state index contributed by atoms with van der Waals surface area (Å²) >= 11 is 0. The Morgan fingerprint density at radius 3 is 2.44 bits per heavy atom. The SMILES string of the molecule is CCC(C)CN(C)c1ccc(N)cc1C(F)(F)F. The van der Waals surface area contributed by atoms with Crippen LogP contribution in [0.3, 0.4) is 0 Å². The van der Waals surface area contributed by atoms with Crippen LogP contribution in [0.2, 0.25) is 0 Å². The zero-order valence-corrected chi connectivity index (χ0v) is 10.9. The number of rotatable bonds is 4. The van der Waals surface area contributed by atoms with E-state index in [2.05, 4.69) is 0 Å². The summed E-state index contributed by atoms with van der Waals surface area (Å²) in [7, 11) is 1.67. The molecule has 0 aliphatic carbocycles. The molecule has 0 aliphatic rings. The van der Waals surface area contributed by atoms with E-state index in [1.165, 1.54) is 12.1 Å². The quantitative estimate of drug-likeness (QED) is 0.835. The van der Waals surface area contributed by atoms with E-state index in [0.29, 0.717) is 12.5 Å². The molecule has 1 aromatic rings. The number of anilines is 2. The van der Waals surface area contributed by atoms with Gasteiger partial charge < -0.3 is 10.6 Å². The van der Waals surface area contributed by atoms with Crippen LogP contribution in [0.5, 0.6) is 0 Å². The van der Waals surface area contributed by atoms with E-state index in [1.807, 2.05) is 13.8 Å². The highest BCUT2D eigenvalue weighted by atomic mass is 19.4. The van der Waals surface area contributed by atoms with Crippen LogP contribution < -0.4 is 10.6 Å². The molecular formula is C13H19F3N2. The van der Waals surface area contributed by atoms with Crippen molar-refractivity contribution in [2.24, 2.45) is 5.92 Å². The van der Waals surface area contributed by atoms with Crippen molar-refractivity contribution < 1.29 is 13.2 Å². The first-order chi connectivity index (χ1) is 8.25. The van der Waals surface area contributed by atoms with E-state index in [0.717, 1.165) is 12.5 Å². The summed E-state index contributed by atoms with van der Waals surface area (Å²) in [6, 6.07) is 3.92. The maximum absolute atomic E-state index is 12.9. The number of hydrogen-bond acceptors (Lipinski definition) is 2. The van der Waals surface area contributed by atoms with Crippen molar-refractivity contribution in [2.45, 2.75) is 26.4 Å². The third kappa shape index (κ3) is 3.55. The van der Waals surface area contributed by atoms with Gasteiger partial charge in [-0.1, -0.05) is 20.3 Å².